The van der Waals surface area contributed by atoms with Gasteiger partial charge in [-0.3, -0.25) is 0 Å². The third kappa shape index (κ3) is 4.70. The number of tetrazole rings is 1. The van der Waals surface area contributed by atoms with E-state index in [0.717, 1.165) is 24.8 Å². The van der Waals surface area contributed by atoms with Crippen molar-refractivity contribution >= 4 is 9.84 Å². The summed E-state index contributed by atoms with van der Waals surface area (Å²) in [6.45, 7) is 1.51. The number of pyridine rings is 1. The highest BCUT2D eigenvalue weighted by atomic mass is 32.2. The van der Waals surface area contributed by atoms with Crippen LogP contribution in [0.25, 0.3) is 22.5 Å². The zero-order chi connectivity index (χ0) is 20.1. The van der Waals surface area contributed by atoms with Crippen LogP contribution in [0.3, 0.4) is 0 Å². The predicted molar refractivity (Wildman–Crippen MR) is 105 cm³/mol. The number of sulfone groups is 1. The zero-order valence-electron chi connectivity index (χ0n) is 16.0. The summed E-state index contributed by atoms with van der Waals surface area (Å²) in [4.78, 5) is 6.56. The summed E-state index contributed by atoms with van der Waals surface area (Å²) in [7, 11) is 0.535. The van der Waals surface area contributed by atoms with E-state index in [0.29, 0.717) is 23.6 Å². The standard InChI is InChI=1S/C18H22N6O3S/c1-24(2)10-5-11-27-16-9-8-13(12-19-16)14-6-4-7-15(28(3,25)26)17(14)18-20-22-23-21-18/h4,6-9,12H,5,10-11H2,1-3H3,(H,20,21,22,23). The van der Waals surface area contributed by atoms with Gasteiger partial charge >= 0.3 is 0 Å². The number of aromatic amines is 1. The molecule has 1 aromatic carbocycles. The fourth-order valence-corrected chi connectivity index (χ4v) is 3.66. The highest BCUT2D eigenvalue weighted by molar-refractivity contribution is 7.90. The molecule has 0 amide bonds. The fraction of sp³-hybridized carbons (Fsp3) is 0.333. The van der Waals surface area contributed by atoms with E-state index in [1.807, 2.05) is 20.2 Å². The molecule has 0 aliphatic carbocycles. The molecule has 0 radical (unpaired) electrons. The smallest absolute Gasteiger partial charge is 0.213 e. The van der Waals surface area contributed by atoms with Gasteiger partial charge in [0.05, 0.1) is 11.5 Å². The average molecular weight is 402 g/mol. The van der Waals surface area contributed by atoms with E-state index in [9.17, 15) is 8.42 Å². The van der Waals surface area contributed by atoms with Crippen LogP contribution < -0.4 is 4.74 Å². The highest BCUT2D eigenvalue weighted by Gasteiger charge is 2.22. The lowest BCUT2D eigenvalue weighted by Crippen LogP contribution is -2.15. The van der Waals surface area contributed by atoms with Gasteiger partial charge < -0.3 is 9.64 Å². The summed E-state index contributed by atoms with van der Waals surface area (Å²) in [6.07, 6.45) is 3.69. The number of nitrogens with zero attached hydrogens (tertiary/aromatic N) is 5. The van der Waals surface area contributed by atoms with Crippen molar-refractivity contribution in [1.29, 1.82) is 0 Å². The third-order valence-electron chi connectivity index (χ3n) is 4.04. The van der Waals surface area contributed by atoms with Crippen LogP contribution in [0.4, 0.5) is 0 Å². The van der Waals surface area contributed by atoms with Gasteiger partial charge in [-0.1, -0.05) is 12.1 Å². The molecule has 0 spiro atoms. The zero-order valence-corrected chi connectivity index (χ0v) is 16.8. The monoisotopic (exact) mass is 402 g/mol. The maximum atomic E-state index is 12.3. The molecule has 3 aromatic rings. The van der Waals surface area contributed by atoms with Crippen LogP contribution in [0.5, 0.6) is 5.88 Å². The summed E-state index contributed by atoms with van der Waals surface area (Å²) in [6, 6.07) is 8.60. The molecule has 2 aromatic heterocycles. The lowest BCUT2D eigenvalue weighted by molar-refractivity contribution is 0.273. The second-order valence-corrected chi connectivity index (χ2v) is 8.56. The first-order valence-corrected chi connectivity index (χ1v) is 10.6. The van der Waals surface area contributed by atoms with Gasteiger partial charge in [0.25, 0.3) is 0 Å². The Balaban J connectivity index is 1.92. The largest absolute Gasteiger partial charge is 0.478 e. The van der Waals surface area contributed by atoms with Crippen molar-refractivity contribution in [1.82, 2.24) is 30.5 Å². The van der Waals surface area contributed by atoms with Gasteiger partial charge in [-0.2, -0.15) is 5.21 Å². The Morgan fingerprint density at radius 3 is 2.61 bits per heavy atom. The van der Waals surface area contributed by atoms with Gasteiger partial charge in [0.1, 0.15) is 0 Å². The minimum Gasteiger partial charge on any atom is -0.478 e. The molecule has 0 saturated carbocycles. The fourth-order valence-electron chi connectivity index (χ4n) is 2.76. The van der Waals surface area contributed by atoms with E-state index in [2.05, 4.69) is 30.5 Å². The summed E-state index contributed by atoms with van der Waals surface area (Å²) < 4.78 is 30.2. The van der Waals surface area contributed by atoms with E-state index in [-0.39, 0.29) is 10.7 Å². The van der Waals surface area contributed by atoms with Crippen LogP contribution in [0, 0.1) is 0 Å². The van der Waals surface area contributed by atoms with Crippen molar-refractivity contribution in [2.75, 3.05) is 33.5 Å². The molecule has 10 heteroatoms. The Morgan fingerprint density at radius 2 is 2.00 bits per heavy atom. The lowest BCUT2D eigenvalue weighted by Gasteiger charge is -2.12. The molecular weight excluding hydrogens is 380 g/mol. The van der Waals surface area contributed by atoms with Gasteiger partial charge in [0, 0.05) is 36.2 Å². The van der Waals surface area contributed by atoms with Crippen molar-refractivity contribution in [2.24, 2.45) is 0 Å². The molecular formula is C18H22N6O3S. The highest BCUT2D eigenvalue weighted by Crippen LogP contribution is 2.35. The minimum absolute atomic E-state index is 0.135. The first-order valence-electron chi connectivity index (χ1n) is 8.67. The molecule has 28 heavy (non-hydrogen) atoms. The lowest BCUT2D eigenvalue weighted by atomic mass is 10.0. The van der Waals surface area contributed by atoms with Crippen LogP contribution in [-0.2, 0) is 9.84 Å². The van der Waals surface area contributed by atoms with Gasteiger partial charge in [-0.15, -0.1) is 10.2 Å². The van der Waals surface area contributed by atoms with Gasteiger partial charge in [-0.25, -0.2) is 13.4 Å². The van der Waals surface area contributed by atoms with E-state index in [1.54, 1.807) is 24.4 Å². The Kier molecular flexibility index (Phi) is 6.00. The molecule has 0 aliphatic rings. The SMILES string of the molecule is CN(C)CCCOc1ccc(-c2cccc(S(C)(=O)=O)c2-c2nn[nH]n2)cn1. The molecule has 0 bridgehead atoms. The average Bonchev–Trinajstić information content (AvgIpc) is 3.19. The Morgan fingerprint density at radius 1 is 1.18 bits per heavy atom. The van der Waals surface area contributed by atoms with Crippen LogP contribution in [0.1, 0.15) is 6.42 Å². The Hall–Kier alpha value is -2.85. The van der Waals surface area contributed by atoms with Crippen LogP contribution in [0.2, 0.25) is 0 Å². The van der Waals surface area contributed by atoms with Crippen molar-refractivity contribution in [2.45, 2.75) is 11.3 Å². The summed E-state index contributed by atoms with van der Waals surface area (Å²) in [5.41, 5.74) is 1.77. The molecule has 148 valence electrons. The number of hydrogen-bond donors (Lipinski definition) is 1. The molecule has 0 atom stereocenters. The van der Waals surface area contributed by atoms with Crippen LogP contribution in [-0.4, -0.2) is 72.4 Å². The molecule has 9 nitrogen and oxygen atoms in total. The maximum absolute atomic E-state index is 12.3. The molecule has 2 heterocycles. The summed E-state index contributed by atoms with van der Waals surface area (Å²) in [5, 5.41) is 13.9. The number of H-pyrrole nitrogens is 1. The topological polar surface area (TPSA) is 114 Å². The van der Waals surface area contributed by atoms with E-state index in [1.165, 1.54) is 6.07 Å². The maximum Gasteiger partial charge on any atom is 0.213 e. The Labute approximate surface area is 163 Å². The van der Waals surface area contributed by atoms with Crippen molar-refractivity contribution < 1.29 is 13.2 Å². The number of hydrogen-bond acceptors (Lipinski definition) is 8. The van der Waals surface area contributed by atoms with Crippen molar-refractivity contribution in [3.8, 4) is 28.4 Å². The number of rotatable bonds is 8. The molecule has 0 saturated heterocycles. The first kappa shape index (κ1) is 19.9. The number of nitrogens with one attached hydrogen (secondary N) is 1. The summed E-state index contributed by atoms with van der Waals surface area (Å²) >= 11 is 0. The van der Waals surface area contributed by atoms with Crippen molar-refractivity contribution in [3.05, 3.63) is 36.5 Å². The van der Waals surface area contributed by atoms with Gasteiger partial charge in [0.15, 0.2) is 9.84 Å². The normalized spacial score (nSPS) is 11.7. The van der Waals surface area contributed by atoms with Crippen LogP contribution in [0.15, 0.2) is 41.4 Å². The van der Waals surface area contributed by atoms with Crippen LogP contribution >= 0.6 is 0 Å². The second kappa shape index (κ2) is 8.44. The molecule has 0 unspecified atom stereocenters. The summed E-state index contributed by atoms with van der Waals surface area (Å²) in [5.74, 6) is 0.725. The van der Waals surface area contributed by atoms with Crippen molar-refractivity contribution in [3.63, 3.8) is 0 Å². The molecule has 1 N–H and O–H groups in total. The molecule has 3 rings (SSSR count). The minimum atomic E-state index is -3.49. The quantitative estimate of drug-likeness (QED) is 0.566. The number of benzene rings is 1. The van der Waals surface area contributed by atoms with Gasteiger partial charge in [0.2, 0.25) is 11.7 Å². The predicted octanol–water partition coefficient (Wildman–Crippen LogP) is 1.66. The third-order valence-corrected chi connectivity index (χ3v) is 5.18. The van der Waals surface area contributed by atoms with E-state index < -0.39 is 9.84 Å². The Bertz CT molecular complexity index is 1020. The number of ether oxygens (including phenoxy) is 1. The van der Waals surface area contributed by atoms with E-state index in [4.69, 9.17) is 4.74 Å². The molecule has 0 fully saturated rings. The molecule has 0 aliphatic heterocycles. The van der Waals surface area contributed by atoms with Gasteiger partial charge in [-0.05, 0) is 43.4 Å². The van der Waals surface area contributed by atoms with E-state index >= 15 is 0 Å². The second-order valence-electron chi connectivity index (χ2n) is 6.58. The first-order chi connectivity index (χ1) is 13.4. The number of aromatic nitrogens is 5.